The quantitative estimate of drug-likeness (QED) is 0.766. The van der Waals surface area contributed by atoms with Crippen LogP contribution < -0.4 is 14.8 Å². The van der Waals surface area contributed by atoms with Crippen molar-refractivity contribution in [3.8, 4) is 11.5 Å². The molecule has 0 aliphatic heterocycles. The lowest BCUT2D eigenvalue weighted by Crippen LogP contribution is -2.43. The highest BCUT2D eigenvalue weighted by Gasteiger charge is 2.43. The van der Waals surface area contributed by atoms with Crippen molar-refractivity contribution in [2.45, 2.75) is 51.0 Å². The van der Waals surface area contributed by atoms with E-state index in [9.17, 15) is 4.79 Å². The van der Waals surface area contributed by atoms with Crippen LogP contribution in [0.1, 0.15) is 56.7 Å². The fourth-order valence-electron chi connectivity index (χ4n) is 4.00. The summed E-state index contributed by atoms with van der Waals surface area (Å²) in [5, 5.41) is 3.25. The molecule has 3 rings (SSSR count). The van der Waals surface area contributed by atoms with Crippen LogP contribution in [-0.4, -0.2) is 19.6 Å². The average Bonchev–Trinajstić information content (AvgIpc) is 3.20. The van der Waals surface area contributed by atoms with Crippen molar-refractivity contribution in [1.82, 2.24) is 5.32 Å². The fourth-order valence-corrected chi connectivity index (χ4v) is 4.00. The maximum absolute atomic E-state index is 13.4. The van der Waals surface area contributed by atoms with Gasteiger partial charge in [0.1, 0.15) is 11.5 Å². The molecule has 1 atom stereocenters. The average molecular weight is 367 g/mol. The number of benzene rings is 2. The molecule has 27 heavy (non-hydrogen) atoms. The Kier molecular flexibility index (Phi) is 6.04. The highest BCUT2D eigenvalue weighted by Crippen LogP contribution is 2.42. The van der Waals surface area contributed by atoms with Crippen LogP contribution in [0.5, 0.6) is 11.5 Å². The van der Waals surface area contributed by atoms with Gasteiger partial charge in [-0.15, -0.1) is 0 Å². The van der Waals surface area contributed by atoms with E-state index in [4.69, 9.17) is 9.47 Å². The summed E-state index contributed by atoms with van der Waals surface area (Å²) in [5.41, 5.74) is 1.63. The van der Waals surface area contributed by atoms with Crippen LogP contribution in [-0.2, 0) is 10.2 Å². The summed E-state index contributed by atoms with van der Waals surface area (Å²) < 4.78 is 11.0. The van der Waals surface area contributed by atoms with Crippen molar-refractivity contribution in [2.24, 2.45) is 0 Å². The third kappa shape index (κ3) is 4.10. The van der Waals surface area contributed by atoms with Crippen LogP contribution in [0, 0.1) is 0 Å². The molecule has 4 nitrogen and oxygen atoms in total. The molecule has 2 aromatic carbocycles. The Morgan fingerprint density at radius 1 is 1.11 bits per heavy atom. The number of nitrogens with one attached hydrogen (secondary N) is 1. The summed E-state index contributed by atoms with van der Waals surface area (Å²) in [6.45, 7) is 4.62. The molecule has 0 aromatic heterocycles. The number of amides is 1. The lowest BCUT2D eigenvalue weighted by molar-refractivity contribution is -0.127. The van der Waals surface area contributed by atoms with Gasteiger partial charge >= 0.3 is 0 Å². The van der Waals surface area contributed by atoms with E-state index in [1.54, 1.807) is 7.11 Å². The largest absolute Gasteiger partial charge is 0.497 e. The van der Waals surface area contributed by atoms with Crippen molar-refractivity contribution in [1.29, 1.82) is 0 Å². The molecule has 1 fully saturated rings. The zero-order valence-corrected chi connectivity index (χ0v) is 16.5. The number of ether oxygens (including phenoxy) is 2. The van der Waals surface area contributed by atoms with Crippen LogP contribution >= 0.6 is 0 Å². The van der Waals surface area contributed by atoms with E-state index in [1.807, 2.05) is 62.4 Å². The standard InChI is InChI=1S/C23H29NO3/c1-4-27-21-12-7-9-18(15-21)17(2)24-22(25)23(13-5-6-14-23)19-10-8-11-20(16-19)26-3/h7-12,15-17H,4-6,13-14H2,1-3H3,(H,24,25). The molecule has 1 aliphatic rings. The number of hydrogen-bond donors (Lipinski definition) is 1. The molecular weight excluding hydrogens is 338 g/mol. The summed E-state index contributed by atoms with van der Waals surface area (Å²) in [6, 6.07) is 15.8. The predicted octanol–water partition coefficient (Wildman–Crippen LogP) is 4.78. The minimum Gasteiger partial charge on any atom is -0.497 e. The summed E-state index contributed by atoms with van der Waals surface area (Å²) in [6.07, 6.45) is 3.88. The molecule has 0 spiro atoms. The third-order valence-electron chi connectivity index (χ3n) is 5.53. The van der Waals surface area contributed by atoms with Crippen molar-refractivity contribution in [3.63, 3.8) is 0 Å². The number of carbonyl (C=O) groups excluding carboxylic acids is 1. The van der Waals surface area contributed by atoms with Crippen molar-refractivity contribution < 1.29 is 14.3 Å². The van der Waals surface area contributed by atoms with Crippen molar-refractivity contribution in [2.75, 3.05) is 13.7 Å². The summed E-state index contributed by atoms with van der Waals surface area (Å²) >= 11 is 0. The summed E-state index contributed by atoms with van der Waals surface area (Å²) in [4.78, 5) is 13.4. The van der Waals surface area contributed by atoms with Crippen LogP contribution in [0.25, 0.3) is 0 Å². The van der Waals surface area contributed by atoms with Gasteiger partial charge in [-0.25, -0.2) is 0 Å². The maximum atomic E-state index is 13.4. The van der Waals surface area contributed by atoms with E-state index >= 15 is 0 Å². The van der Waals surface area contributed by atoms with Gasteiger partial charge in [0.2, 0.25) is 5.91 Å². The minimum absolute atomic E-state index is 0.0824. The van der Waals surface area contributed by atoms with Gasteiger partial charge in [-0.05, 0) is 62.1 Å². The Morgan fingerprint density at radius 3 is 2.52 bits per heavy atom. The molecule has 1 N–H and O–H groups in total. The Labute approximate surface area is 161 Å². The Bertz CT molecular complexity index is 781. The second-order valence-electron chi connectivity index (χ2n) is 7.22. The highest BCUT2D eigenvalue weighted by molar-refractivity contribution is 5.89. The molecule has 1 amide bonds. The first-order valence-electron chi connectivity index (χ1n) is 9.77. The Hall–Kier alpha value is -2.49. The Morgan fingerprint density at radius 2 is 1.81 bits per heavy atom. The number of carbonyl (C=O) groups is 1. The second-order valence-corrected chi connectivity index (χ2v) is 7.22. The van der Waals surface area contributed by atoms with Gasteiger partial charge < -0.3 is 14.8 Å². The van der Waals surface area contributed by atoms with E-state index < -0.39 is 5.41 Å². The van der Waals surface area contributed by atoms with Gasteiger partial charge in [-0.2, -0.15) is 0 Å². The van der Waals surface area contributed by atoms with Gasteiger partial charge in [0.25, 0.3) is 0 Å². The maximum Gasteiger partial charge on any atom is 0.231 e. The van der Waals surface area contributed by atoms with Gasteiger partial charge in [0.05, 0.1) is 25.2 Å². The van der Waals surface area contributed by atoms with Crippen LogP contribution in [0.3, 0.4) is 0 Å². The van der Waals surface area contributed by atoms with E-state index in [-0.39, 0.29) is 11.9 Å². The minimum atomic E-state index is -0.472. The zero-order valence-electron chi connectivity index (χ0n) is 16.5. The van der Waals surface area contributed by atoms with Crippen molar-refractivity contribution in [3.05, 3.63) is 59.7 Å². The molecule has 0 bridgehead atoms. The molecule has 1 aliphatic carbocycles. The zero-order chi connectivity index (χ0) is 19.3. The predicted molar refractivity (Wildman–Crippen MR) is 107 cm³/mol. The molecule has 2 aromatic rings. The van der Waals surface area contributed by atoms with E-state index in [0.29, 0.717) is 6.61 Å². The van der Waals surface area contributed by atoms with Crippen LogP contribution in [0.2, 0.25) is 0 Å². The second kappa shape index (κ2) is 8.47. The van der Waals surface area contributed by atoms with Crippen LogP contribution in [0.4, 0.5) is 0 Å². The molecule has 0 heterocycles. The Balaban J connectivity index is 1.82. The molecule has 144 valence electrons. The monoisotopic (exact) mass is 367 g/mol. The SMILES string of the molecule is CCOc1cccc(C(C)NC(=O)C2(c3cccc(OC)c3)CCCC2)c1. The van der Waals surface area contributed by atoms with Gasteiger partial charge in [0, 0.05) is 0 Å². The third-order valence-corrected chi connectivity index (χ3v) is 5.53. The molecule has 0 radical (unpaired) electrons. The molecule has 1 saturated carbocycles. The van der Waals surface area contributed by atoms with E-state index in [0.717, 1.165) is 48.3 Å². The van der Waals surface area contributed by atoms with Gasteiger partial charge in [-0.1, -0.05) is 37.1 Å². The lowest BCUT2D eigenvalue weighted by Gasteiger charge is -2.30. The normalized spacial score (nSPS) is 16.6. The number of methoxy groups -OCH3 is 1. The smallest absolute Gasteiger partial charge is 0.231 e. The molecule has 1 unspecified atom stereocenters. The first-order chi connectivity index (χ1) is 13.1. The first kappa shape index (κ1) is 19.3. The summed E-state index contributed by atoms with van der Waals surface area (Å²) in [5.74, 6) is 1.73. The topological polar surface area (TPSA) is 47.6 Å². The van der Waals surface area contributed by atoms with Gasteiger partial charge in [-0.3, -0.25) is 4.79 Å². The van der Waals surface area contributed by atoms with E-state index in [2.05, 4.69) is 5.32 Å². The molecule has 0 saturated heterocycles. The lowest BCUT2D eigenvalue weighted by atomic mass is 9.77. The van der Waals surface area contributed by atoms with Gasteiger partial charge in [0.15, 0.2) is 0 Å². The fraction of sp³-hybridized carbons (Fsp3) is 0.435. The first-order valence-corrected chi connectivity index (χ1v) is 9.77. The van der Waals surface area contributed by atoms with Crippen molar-refractivity contribution >= 4 is 5.91 Å². The van der Waals surface area contributed by atoms with Crippen LogP contribution in [0.15, 0.2) is 48.5 Å². The number of rotatable bonds is 7. The summed E-state index contributed by atoms with van der Waals surface area (Å²) in [7, 11) is 1.66. The number of hydrogen-bond acceptors (Lipinski definition) is 3. The van der Waals surface area contributed by atoms with E-state index in [1.165, 1.54) is 0 Å². The highest BCUT2D eigenvalue weighted by atomic mass is 16.5. The molecule has 4 heteroatoms. The molecular formula is C23H29NO3.